The van der Waals surface area contributed by atoms with E-state index in [1.54, 1.807) is 0 Å². The molecule has 76 valence electrons. The quantitative estimate of drug-likeness (QED) is 0.629. The highest BCUT2D eigenvalue weighted by Gasteiger charge is 1.98. The van der Waals surface area contributed by atoms with Gasteiger partial charge in [-0.3, -0.25) is 0 Å². The van der Waals surface area contributed by atoms with Crippen molar-refractivity contribution in [3.63, 3.8) is 0 Å². The predicted molar refractivity (Wildman–Crippen MR) is 67.3 cm³/mol. The van der Waals surface area contributed by atoms with Gasteiger partial charge in [-0.05, 0) is 36.4 Å². The summed E-state index contributed by atoms with van der Waals surface area (Å²) < 4.78 is 1.42. The van der Waals surface area contributed by atoms with Crippen LogP contribution in [0.1, 0.15) is 31.2 Å². The molecule has 0 aliphatic heterocycles. The highest BCUT2D eigenvalue weighted by Crippen LogP contribution is 2.26. The Morgan fingerprint density at radius 2 is 1.86 bits per heavy atom. The van der Waals surface area contributed by atoms with Gasteiger partial charge in [0.05, 0.1) is 0 Å². The zero-order chi connectivity index (χ0) is 10.6. The van der Waals surface area contributed by atoms with E-state index in [4.69, 9.17) is 0 Å². The molecule has 2 aromatic rings. The number of fused-ring (bicyclic) bond motifs is 1. The van der Waals surface area contributed by atoms with Gasteiger partial charge in [-0.1, -0.05) is 32.9 Å². The van der Waals surface area contributed by atoms with Crippen LogP contribution in [0.15, 0.2) is 24.3 Å². The summed E-state index contributed by atoms with van der Waals surface area (Å²) in [6, 6.07) is 8.94. The van der Waals surface area contributed by atoms with Gasteiger partial charge in [-0.25, -0.2) is 0 Å². The number of thiophene rings is 1. The van der Waals surface area contributed by atoms with E-state index < -0.39 is 0 Å². The zero-order valence-electron chi connectivity index (χ0n) is 9.42. The first kappa shape index (κ1) is 11.3. The normalized spacial score (nSPS) is 9.71. The van der Waals surface area contributed by atoms with E-state index in [1.165, 1.54) is 20.5 Å². The van der Waals surface area contributed by atoms with Crippen LogP contribution in [0.3, 0.4) is 0 Å². The molecule has 1 heterocycles. The van der Waals surface area contributed by atoms with Crippen molar-refractivity contribution in [2.24, 2.45) is 0 Å². The highest BCUT2D eigenvalue weighted by atomic mass is 32.1. The fourth-order valence-corrected chi connectivity index (χ4v) is 2.47. The number of rotatable bonds is 1. The lowest BCUT2D eigenvalue weighted by Crippen LogP contribution is -1.67. The highest BCUT2D eigenvalue weighted by molar-refractivity contribution is 7.19. The second-order valence-electron chi connectivity index (χ2n) is 3.11. The maximum Gasteiger partial charge on any atom is 0.0348 e. The van der Waals surface area contributed by atoms with Gasteiger partial charge in [0.25, 0.3) is 0 Å². The maximum absolute atomic E-state index is 2.29. The third-order valence-corrected chi connectivity index (χ3v) is 3.32. The smallest absolute Gasteiger partial charge is 0.0348 e. The van der Waals surface area contributed by atoms with Crippen LogP contribution in [-0.2, 0) is 6.42 Å². The largest absolute Gasteiger partial charge is 0.140 e. The van der Waals surface area contributed by atoms with Crippen LogP contribution >= 0.6 is 11.3 Å². The topological polar surface area (TPSA) is 0 Å². The molecule has 0 atom stereocenters. The van der Waals surface area contributed by atoms with Gasteiger partial charge < -0.3 is 0 Å². The molecule has 1 aromatic carbocycles. The lowest BCUT2D eigenvalue weighted by atomic mass is 10.2. The Bertz CT molecular complexity index is 399. The molecular weight excluding hydrogens is 188 g/mol. The standard InChI is InChI=1S/C11H12S.C2H6/c1-3-10-7-9-5-4-8(2)6-11(9)12-10;1-2/h4-7H,3H2,1-2H3;1-2H3. The van der Waals surface area contributed by atoms with Crippen molar-refractivity contribution in [2.45, 2.75) is 34.1 Å². The number of benzene rings is 1. The minimum atomic E-state index is 1.15. The number of hydrogen-bond donors (Lipinski definition) is 0. The first-order valence-electron chi connectivity index (χ1n) is 5.28. The maximum atomic E-state index is 2.29. The van der Waals surface area contributed by atoms with Crippen molar-refractivity contribution in [1.29, 1.82) is 0 Å². The van der Waals surface area contributed by atoms with Crippen LogP contribution in [-0.4, -0.2) is 0 Å². The minimum absolute atomic E-state index is 1.15. The third-order valence-electron chi connectivity index (χ3n) is 2.08. The molecule has 1 aromatic heterocycles. The molecule has 1 heteroatoms. The second-order valence-corrected chi connectivity index (χ2v) is 4.28. The molecule has 0 aliphatic rings. The fraction of sp³-hybridized carbons (Fsp3) is 0.385. The first-order chi connectivity index (χ1) is 6.79. The Morgan fingerprint density at radius 3 is 2.50 bits per heavy atom. The van der Waals surface area contributed by atoms with Crippen molar-refractivity contribution < 1.29 is 0 Å². The molecule has 0 saturated carbocycles. The summed E-state index contributed by atoms with van der Waals surface area (Å²) in [7, 11) is 0. The Hall–Kier alpha value is -0.820. The van der Waals surface area contributed by atoms with Crippen LogP contribution in [0, 0.1) is 6.92 Å². The van der Waals surface area contributed by atoms with Gasteiger partial charge >= 0.3 is 0 Å². The number of aryl methyl sites for hydroxylation is 2. The van der Waals surface area contributed by atoms with Crippen LogP contribution in [0.2, 0.25) is 0 Å². The molecule has 0 aliphatic carbocycles. The average molecular weight is 206 g/mol. The Kier molecular flexibility index (Phi) is 4.15. The van der Waals surface area contributed by atoms with Crippen LogP contribution in [0.5, 0.6) is 0 Å². The van der Waals surface area contributed by atoms with E-state index in [0.717, 1.165) is 6.42 Å². The van der Waals surface area contributed by atoms with Crippen molar-refractivity contribution in [1.82, 2.24) is 0 Å². The predicted octanol–water partition coefficient (Wildman–Crippen LogP) is 4.80. The Labute approximate surface area is 90.6 Å². The molecule has 14 heavy (non-hydrogen) atoms. The molecule has 0 radical (unpaired) electrons. The molecule has 0 N–H and O–H groups in total. The van der Waals surface area contributed by atoms with E-state index in [9.17, 15) is 0 Å². The summed E-state index contributed by atoms with van der Waals surface area (Å²) in [5.41, 5.74) is 1.35. The Morgan fingerprint density at radius 1 is 1.14 bits per heavy atom. The molecule has 0 unspecified atom stereocenters. The summed E-state index contributed by atoms with van der Waals surface area (Å²) >= 11 is 1.91. The van der Waals surface area contributed by atoms with E-state index in [2.05, 4.69) is 38.1 Å². The SMILES string of the molecule is CC.CCc1cc2ccc(C)cc2s1. The van der Waals surface area contributed by atoms with E-state index in [1.807, 2.05) is 25.2 Å². The zero-order valence-corrected chi connectivity index (χ0v) is 10.2. The van der Waals surface area contributed by atoms with Gasteiger partial charge in [0, 0.05) is 9.58 Å². The summed E-state index contributed by atoms with van der Waals surface area (Å²) in [6.07, 6.45) is 1.15. The summed E-state index contributed by atoms with van der Waals surface area (Å²) in [6.45, 7) is 8.35. The van der Waals surface area contributed by atoms with Crippen molar-refractivity contribution >= 4 is 21.4 Å². The molecule has 0 nitrogen and oxygen atoms in total. The summed E-state index contributed by atoms with van der Waals surface area (Å²) in [5, 5.41) is 1.39. The molecule has 0 spiro atoms. The van der Waals surface area contributed by atoms with Crippen molar-refractivity contribution in [3.05, 3.63) is 34.7 Å². The van der Waals surface area contributed by atoms with Gasteiger partial charge in [0.2, 0.25) is 0 Å². The second kappa shape index (κ2) is 5.16. The van der Waals surface area contributed by atoms with Crippen LogP contribution < -0.4 is 0 Å². The summed E-state index contributed by atoms with van der Waals surface area (Å²) in [5.74, 6) is 0. The monoisotopic (exact) mass is 206 g/mol. The molecule has 0 bridgehead atoms. The molecule has 2 rings (SSSR count). The lowest BCUT2D eigenvalue weighted by molar-refractivity contribution is 1.19. The summed E-state index contributed by atoms with van der Waals surface area (Å²) in [4.78, 5) is 1.48. The van der Waals surface area contributed by atoms with Crippen molar-refractivity contribution in [3.8, 4) is 0 Å². The van der Waals surface area contributed by atoms with Gasteiger partial charge in [-0.2, -0.15) is 0 Å². The first-order valence-corrected chi connectivity index (χ1v) is 6.10. The van der Waals surface area contributed by atoms with Gasteiger partial charge in [0.1, 0.15) is 0 Å². The van der Waals surface area contributed by atoms with E-state index in [-0.39, 0.29) is 0 Å². The van der Waals surface area contributed by atoms with E-state index >= 15 is 0 Å². The van der Waals surface area contributed by atoms with Gasteiger partial charge in [-0.15, -0.1) is 11.3 Å². The molecule has 0 saturated heterocycles. The molecule has 0 fully saturated rings. The number of hydrogen-bond acceptors (Lipinski definition) is 1. The molecule has 0 amide bonds. The fourth-order valence-electron chi connectivity index (χ4n) is 1.37. The lowest BCUT2D eigenvalue weighted by Gasteiger charge is -1.89. The molecular formula is C13H18S. The van der Waals surface area contributed by atoms with Crippen LogP contribution in [0.25, 0.3) is 10.1 Å². The van der Waals surface area contributed by atoms with Gasteiger partial charge in [0.15, 0.2) is 0 Å². The average Bonchev–Trinajstić information content (AvgIpc) is 2.62. The third kappa shape index (κ3) is 2.36. The van der Waals surface area contributed by atoms with E-state index in [0.29, 0.717) is 0 Å². The minimum Gasteiger partial charge on any atom is -0.140 e. The van der Waals surface area contributed by atoms with Crippen LogP contribution in [0.4, 0.5) is 0 Å². The Balaban J connectivity index is 0.000000461. The van der Waals surface area contributed by atoms with Crippen molar-refractivity contribution in [2.75, 3.05) is 0 Å².